The summed E-state index contributed by atoms with van der Waals surface area (Å²) in [5.41, 5.74) is 0. The number of ether oxygens (including phenoxy) is 2. The Morgan fingerprint density at radius 2 is 1.40 bits per heavy atom. The van der Waals surface area contributed by atoms with Gasteiger partial charge in [-0.15, -0.1) is 0 Å². The van der Waals surface area contributed by atoms with E-state index in [4.69, 9.17) is 9.47 Å². The topological polar surface area (TPSA) is 89.9 Å². The summed E-state index contributed by atoms with van der Waals surface area (Å²) in [6.07, 6.45) is -0.150. The van der Waals surface area contributed by atoms with Crippen molar-refractivity contribution in [3.8, 4) is 0 Å². The average Bonchev–Trinajstić information content (AvgIpc) is 2.62. The lowest BCUT2D eigenvalue weighted by molar-refractivity contribution is -0.182. The van der Waals surface area contributed by atoms with Gasteiger partial charge in [0.1, 0.15) is 0 Å². The Kier molecular flexibility index (Phi) is 12.9. The fraction of sp³-hybridized carbons (Fsp3) is 0.875. The van der Waals surface area contributed by atoms with Gasteiger partial charge in [0.25, 0.3) is 0 Å². The highest BCUT2D eigenvalue weighted by molar-refractivity contribution is 5.82. The number of hydrogen-bond donors (Lipinski definition) is 1. The van der Waals surface area contributed by atoms with Gasteiger partial charge in [0.2, 0.25) is 6.10 Å². The monoisotopic (exact) mass is 428 g/mol. The van der Waals surface area contributed by atoms with Gasteiger partial charge in [-0.2, -0.15) is 0 Å². The predicted molar refractivity (Wildman–Crippen MR) is 118 cm³/mol. The molecule has 176 valence electrons. The van der Waals surface area contributed by atoms with E-state index in [0.29, 0.717) is 12.3 Å². The van der Waals surface area contributed by atoms with Gasteiger partial charge in [0.15, 0.2) is 6.10 Å². The van der Waals surface area contributed by atoms with Gasteiger partial charge in [-0.05, 0) is 42.4 Å². The van der Waals surface area contributed by atoms with E-state index in [9.17, 15) is 19.5 Å². The maximum Gasteiger partial charge on any atom is 0.348 e. The van der Waals surface area contributed by atoms with Gasteiger partial charge in [-0.1, -0.05) is 68.7 Å². The summed E-state index contributed by atoms with van der Waals surface area (Å²) in [6.45, 7) is 17.9. The minimum atomic E-state index is -1.26. The Morgan fingerprint density at radius 3 is 1.83 bits per heavy atom. The molecule has 0 saturated carbocycles. The summed E-state index contributed by atoms with van der Waals surface area (Å²) < 4.78 is 10.9. The van der Waals surface area contributed by atoms with E-state index in [-0.39, 0.29) is 36.0 Å². The Bertz CT molecular complexity index is 542. The van der Waals surface area contributed by atoms with Crippen LogP contribution in [0.15, 0.2) is 0 Å². The van der Waals surface area contributed by atoms with Gasteiger partial charge in [0.05, 0.1) is 0 Å². The third-order valence-electron chi connectivity index (χ3n) is 6.16. The van der Waals surface area contributed by atoms with Crippen LogP contribution < -0.4 is 0 Å². The molecule has 0 aliphatic heterocycles. The van der Waals surface area contributed by atoms with Crippen molar-refractivity contribution in [2.24, 2.45) is 35.5 Å². The molecule has 0 aliphatic carbocycles. The summed E-state index contributed by atoms with van der Waals surface area (Å²) in [5.74, 6) is -1.65. The van der Waals surface area contributed by atoms with Gasteiger partial charge < -0.3 is 14.6 Å². The van der Waals surface area contributed by atoms with Crippen LogP contribution in [0.5, 0.6) is 0 Å². The minimum Gasteiger partial charge on any atom is -0.478 e. The highest BCUT2D eigenvalue weighted by atomic mass is 16.6. The first-order chi connectivity index (χ1) is 13.8. The van der Waals surface area contributed by atoms with E-state index in [1.165, 1.54) is 0 Å². The smallest absolute Gasteiger partial charge is 0.348 e. The standard InChI is InChI=1S/C24H44O6/c1-10-17(7)19(9)22(23(26)27)30-24(28)20(13-18(8)15(4)5)29-21(25)12-16(6)11-14(2)3/h14-20,22H,10-13H2,1-9H3,(H,26,27). The van der Waals surface area contributed by atoms with E-state index < -0.39 is 30.1 Å². The van der Waals surface area contributed by atoms with Crippen molar-refractivity contribution in [2.75, 3.05) is 0 Å². The fourth-order valence-electron chi connectivity index (χ4n) is 3.44. The summed E-state index contributed by atoms with van der Waals surface area (Å²) >= 11 is 0. The maximum absolute atomic E-state index is 12.9. The number of carboxylic acids is 1. The van der Waals surface area contributed by atoms with Gasteiger partial charge >= 0.3 is 17.9 Å². The van der Waals surface area contributed by atoms with Gasteiger partial charge in [-0.25, -0.2) is 9.59 Å². The van der Waals surface area contributed by atoms with Crippen molar-refractivity contribution >= 4 is 17.9 Å². The lowest BCUT2D eigenvalue weighted by atomic mass is 9.88. The van der Waals surface area contributed by atoms with Crippen molar-refractivity contribution in [1.29, 1.82) is 0 Å². The zero-order valence-electron chi connectivity index (χ0n) is 20.4. The Morgan fingerprint density at radius 1 is 0.833 bits per heavy atom. The van der Waals surface area contributed by atoms with Gasteiger partial charge in [-0.3, -0.25) is 4.79 Å². The fourth-order valence-corrected chi connectivity index (χ4v) is 3.44. The molecule has 1 N–H and O–H groups in total. The van der Waals surface area contributed by atoms with Crippen molar-refractivity contribution in [2.45, 2.75) is 100 Å². The molecule has 0 bridgehead atoms. The molecule has 6 nitrogen and oxygen atoms in total. The van der Waals surface area contributed by atoms with E-state index in [1.54, 1.807) is 6.92 Å². The zero-order valence-corrected chi connectivity index (χ0v) is 20.4. The second kappa shape index (κ2) is 13.7. The Hall–Kier alpha value is -1.59. The van der Waals surface area contributed by atoms with Crippen LogP contribution in [0, 0.1) is 35.5 Å². The number of carbonyl (C=O) groups excluding carboxylic acids is 2. The molecule has 0 fully saturated rings. The summed E-state index contributed by atoms with van der Waals surface area (Å²) in [6, 6.07) is 0. The Balaban J connectivity index is 5.35. The molecule has 0 rings (SSSR count). The third kappa shape index (κ3) is 10.4. The first-order valence-electron chi connectivity index (χ1n) is 11.4. The van der Waals surface area contributed by atoms with E-state index in [1.807, 2.05) is 41.5 Å². The van der Waals surface area contributed by atoms with E-state index >= 15 is 0 Å². The molecule has 0 aromatic rings. The van der Waals surface area contributed by atoms with Crippen molar-refractivity contribution in [3.63, 3.8) is 0 Å². The van der Waals surface area contributed by atoms with Crippen LogP contribution in [0.25, 0.3) is 0 Å². The molecule has 6 heteroatoms. The van der Waals surface area contributed by atoms with Crippen LogP contribution in [-0.4, -0.2) is 35.2 Å². The van der Waals surface area contributed by atoms with Crippen LogP contribution >= 0.6 is 0 Å². The summed E-state index contributed by atoms with van der Waals surface area (Å²) in [5, 5.41) is 9.59. The second-order valence-electron chi connectivity index (χ2n) is 9.81. The molecule has 0 aromatic heterocycles. The molecule has 30 heavy (non-hydrogen) atoms. The molecule has 0 spiro atoms. The molecule has 0 heterocycles. The van der Waals surface area contributed by atoms with Crippen molar-refractivity contribution in [1.82, 2.24) is 0 Å². The van der Waals surface area contributed by atoms with E-state index in [2.05, 4.69) is 13.8 Å². The number of hydrogen-bond acceptors (Lipinski definition) is 5. The average molecular weight is 429 g/mol. The van der Waals surface area contributed by atoms with Crippen LogP contribution in [0.3, 0.4) is 0 Å². The molecule has 0 radical (unpaired) electrons. The van der Waals surface area contributed by atoms with Crippen LogP contribution in [0.1, 0.15) is 88.0 Å². The number of rotatable bonds is 14. The van der Waals surface area contributed by atoms with Gasteiger partial charge in [0, 0.05) is 12.3 Å². The molecular formula is C24H44O6. The maximum atomic E-state index is 12.9. The van der Waals surface area contributed by atoms with Crippen molar-refractivity contribution < 1.29 is 29.0 Å². The highest BCUT2D eigenvalue weighted by Gasteiger charge is 2.36. The lowest BCUT2D eigenvalue weighted by Gasteiger charge is -2.28. The lowest BCUT2D eigenvalue weighted by Crippen LogP contribution is -2.41. The zero-order chi connectivity index (χ0) is 23.6. The number of carboxylic acid groups (broad SMARTS) is 1. The third-order valence-corrected chi connectivity index (χ3v) is 6.16. The second-order valence-corrected chi connectivity index (χ2v) is 9.81. The minimum absolute atomic E-state index is 0.0753. The highest BCUT2D eigenvalue weighted by Crippen LogP contribution is 2.25. The summed E-state index contributed by atoms with van der Waals surface area (Å²) in [4.78, 5) is 37.1. The largest absolute Gasteiger partial charge is 0.478 e. The van der Waals surface area contributed by atoms with Crippen LogP contribution in [0.4, 0.5) is 0 Å². The Labute approximate surface area is 183 Å². The molecule has 6 atom stereocenters. The molecule has 0 aliphatic rings. The number of esters is 2. The normalized spacial score (nSPS) is 17.7. The van der Waals surface area contributed by atoms with Crippen LogP contribution in [0.2, 0.25) is 0 Å². The van der Waals surface area contributed by atoms with Crippen molar-refractivity contribution in [3.05, 3.63) is 0 Å². The number of carbonyl (C=O) groups is 3. The first kappa shape index (κ1) is 28.4. The quantitative estimate of drug-likeness (QED) is 0.376. The first-order valence-corrected chi connectivity index (χ1v) is 11.4. The predicted octanol–water partition coefficient (Wildman–Crippen LogP) is 5.33. The molecule has 0 aromatic carbocycles. The molecule has 0 saturated heterocycles. The molecule has 6 unspecified atom stereocenters. The van der Waals surface area contributed by atoms with E-state index in [0.717, 1.165) is 12.8 Å². The van der Waals surface area contributed by atoms with Crippen LogP contribution in [-0.2, 0) is 23.9 Å². The SMILES string of the molecule is CCC(C)C(C)C(OC(=O)C(CC(C)C(C)C)OC(=O)CC(C)CC(C)C)C(=O)O. The molecule has 0 amide bonds. The number of aliphatic carboxylic acids is 1. The molecular weight excluding hydrogens is 384 g/mol. The summed E-state index contributed by atoms with van der Waals surface area (Å²) in [7, 11) is 0.